The molecule has 0 atom stereocenters. The van der Waals surface area contributed by atoms with Gasteiger partial charge < -0.3 is 4.74 Å². The van der Waals surface area contributed by atoms with E-state index in [2.05, 4.69) is 15.0 Å². The summed E-state index contributed by atoms with van der Waals surface area (Å²) < 4.78 is 4.16. The zero-order valence-electron chi connectivity index (χ0n) is 7.62. The minimum absolute atomic E-state index is 0.451. The molecule has 0 N–H and O–H groups in total. The summed E-state index contributed by atoms with van der Waals surface area (Å²) in [6.07, 6.45) is -0.868. The quantitative estimate of drug-likeness (QED) is 0.523. The lowest BCUT2D eigenvalue weighted by molar-refractivity contribution is -0.125. The van der Waals surface area contributed by atoms with Gasteiger partial charge in [0.1, 0.15) is 0 Å². The summed E-state index contributed by atoms with van der Waals surface area (Å²) in [5, 5.41) is 6.20. The Labute approximate surface area is 70.8 Å². The van der Waals surface area contributed by atoms with E-state index in [1.165, 1.54) is 7.11 Å². The van der Waals surface area contributed by atoms with Crippen molar-refractivity contribution in [3.63, 3.8) is 0 Å². The Morgan fingerprint density at radius 2 is 1.67 bits per heavy atom. The molecule has 0 aromatic rings. The molecule has 0 aliphatic heterocycles. The molecule has 68 valence electrons. The smallest absolute Gasteiger partial charge is 0.450 e. The zero-order chi connectivity index (χ0) is 9.78. The second kappa shape index (κ2) is 3.94. The molecule has 0 aliphatic carbocycles. The summed E-state index contributed by atoms with van der Waals surface area (Å²) >= 11 is 0. The summed E-state index contributed by atoms with van der Waals surface area (Å²) in [6, 6.07) is 0. The number of nitrogens with zero attached hydrogens (tertiary/aromatic N) is 2. The van der Waals surface area contributed by atoms with Crippen LogP contribution in [0.1, 0.15) is 20.8 Å². The van der Waals surface area contributed by atoms with Gasteiger partial charge in [-0.3, -0.25) is 4.79 Å². The van der Waals surface area contributed by atoms with Gasteiger partial charge in [-0.25, -0.2) is 4.79 Å². The van der Waals surface area contributed by atoms with Crippen LogP contribution in [0.25, 0.3) is 0 Å². The van der Waals surface area contributed by atoms with Crippen LogP contribution < -0.4 is 0 Å². The number of carbonyl (C=O) groups is 2. The first-order chi connectivity index (χ1) is 5.38. The van der Waals surface area contributed by atoms with Gasteiger partial charge in [0, 0.05) is 5.41 Å². The number of azo groups is 1. The first kappa shape index (κ1) is 10.7. The Hall–Kier alpha value is -1.26. The van der Waals surface area contributed by atoms with Crippen molar-refractivity contribution >= 4 is 12.0 Å². The summed E-state index contributed by atoms with van der Waals surface area (Å²) in [4.78, 5) is 21.4. The second-order valence-electron chi connectivity index (χ2n) is 3.23. The van der Waals surface area contributed by atoms with Crippen molar-refractivity contribution in [2.75, 3.05) is 7.11 Å². The molecule has 5 nitrogen and oxygen atoms in total. The number of ether oxygens (including phenoxy) is 1. The van der Waals surface area contributed by atoms with E-state index in [4.69, 9.17) is 0 Å². The first-order valence-corrected chi connectivity index (χ1v) is 3.42. The Bertz CT molecular complexity index is 215. The molecule has 0 aliphatic rings. The van der Waals surface area contributed by atoms with Gasteiger partial charge >= 0.3 is 6.09 Å². The standard InChI is InChI=1S/C7H12N2O3/c1-7(2,3)5(10)8-9-6(11)12-4/h1-4H3. The maximum Gasteiger partial charge on any atom is 0.452 e. The van der Waals surface area contributed by atoms with E-state index < -0.39 is 17.4 Å². The molecule has 2 amide bonds. The number of hydrogen-bond donors (Lipinski definition) is 0. The predicted molar refractivity (Wildman–Crippen MR) is 41.7 cm³/mol. The predicted octanol–water partition coefficient (Wildman–Crippen LogP) is 1.78. The number of hydrogen-bond acceptors (Lipinski definition) is 3. The van der Waals surface area contributed by atoms with E-state index in [9.17, 15) is 9.59 Å². The van der Waals surface area contributed by atoms with Crippen LogP contribution in [-0.4, -0.2) is 19.1 Å². The molecule has 12 heavy (non-hydrogen) atoms. The Kier molecular flexibility index (Phi) is 3.53. The lowest BCUT2D eigenvalue weighted by Crippen LogP contribution is -2.17. The summed E-state index contributed by atoms with van der Waals surface area (Å²) in [7, 11) is 1.17. The highest BCUT2D eigenvalue weighted by Gasteiger charge is 2.21. The van der Waals surface area contributed by atoms with Crippen molar-refractivity contribution in [2.24, 2.45) is 15.6 Å². The van der Waals surface area contributed by atoms with Gasteiger partial charge in [0.25, 0.3) is 5.91 Å². The third kappa shape index (κ3) is 3.80. The molecular formula is C7H12N2O3. The second-order valence-corrected chi connectivity index (χ2v) is 3.23. The molecule has 0 spiro atoms. The maximum atomic E-state index is 11.0. The number of methoxy groups -OCH3 is 1. The zero-order valence-corrected chi connectivity index (χ0v) is 7.62. The molecule has 0 aromatic carbocycles. The van der Waals surface area contributed by atoms with Crippen molar-refractivity contribution in [3.8, 4) is 0 Å². The molecule has 0 bridgehead atoms. The van der Waals surface area contributed by atoms with Gasteiger partial charge in [-0.1, -0.05) is 25.9 Å². The van der Waals surface area contributed by atoms with Crippen molar-refractivity contribution < 1.29 is 14.3 Å². The minimum atomic E-state index is -0.868. The van der Waals surface area contributed by atoms with E-state index in [1.54, 1.807) is 20.8 Å². The van der Waals surface area contributed by atoms with Gasteiger partial charge in [-0.2, -0.15) is 0 Å². The van der Waals surface area contributed by atoms with Crippen LogP contribution in [0.2, 0.25) is 0 Å². The minimum Gasteiger partial charge on any atom is -0.450 e. The molecule has 5 heteroatoms. The fourth-order valence-corrected chi connectivity index (χ4v) is 0.277. The molecule has 0 saturated carbocycles. The molecule has 0 rings (SSSR count). The van der Waals surface area contributed by atoms with Gasteiger partial charge in [0.15, 0.2) is 0 Å². The molecule has 0 radical (unpaired) electrons. The summed E-state index contributed by atoms with van der Waals surface area (Å²) in [6.45, 7) is 5.06. The van der Waals surface area contributed by atoms with Gasteiger partial charge in [-0.05, 0) is 0 Å². The van der Waals surface area contributed by atoms with Crippen LogP contribution in [0.5, 0.6) is 0 Å². The number of rotatable bonds is 0. The summed E-state index contributed by atoms with van der Waals surface area (Å²) in [5.41, 5.74) is -0.614. The van der Waals surface area contributed by atoms with E-state index in [0.717, 1.165) is 0 Å². The van der Waals surface area contributed by atoms with Crippen LogP contribution in [0.4, 0.5) is 4.79 Å². The Morgan fingerprint density at radius 3 is 2.00 bits per heavy atom. The molecule has 0 aromatic heterocycles. The number of carbonyl (C=O) groups excluding carboxylic acids is 2. The third-order valence-corrected chi connectivity index (χ3v) is 1.04. The van der Waals surface area contributed by atoms with Gasteiger partial charge in [0.2, 0.25) is 0 Å². The van der Waals surface area contributed by atoms with Crippen molar-refractivity contribution in [1.29, 1.82) is 0 Å². The van der Waals surface area contributed by atoms with E-state index >= 15 is 0 Å². The molecule has 0 unspecified atom stereocenters. The highest BCUT2D eigenvalue weighted by Crippen LogP contribution is 2.15. The largest absolute Gasteiger partial charge is 0.452 e. The lowest BCUT2D eigenvalue weighted by atomic mass is 9.96. The fraction of sp³-hybridized carbons (Fsp3) is 0.714. The van der Waals surface area contributed by atoms with Crippen LogP contribution >= 0.6 is 0 Å². The Balaban J connectivity index is 4.19. The van der Waals surface area contributed by atoms with Crippen LogP contribution in [0.3, 0.4) is 0 Å². The average Bonchev–Trinajstić information content (AvgIpc) is 1.97. The van der Waals surface area contributed by atoms with Crippen molar-refractivity contribution in [1.82, 2.24) is 0 Å². The maximum absolute atomic E-state index is 11.0. The van der Waals surface area contributed by atoms with Crippen LogP contribution in [-0.2, 0) is 9.53 Å². The van der Waals surface area contributed by atoms with Gasteiger partial charge in [0.05, 0.1) is 7.11 Å². The van der Waals surface area contributed by atoms with E-state index in [0.29, 0.717) is 0 Å². The fourth-order valence-electron chi connectivity index (χ4n) is 0.277. The van der Waals surface area contributed by atoms with E-state index in [1.807, 2.05) is 0 Å². The topological polar surface area (TPSA) is 68.1 Å². The SMILES string of the molecule is COC(=O)N=NC(=O)C(C)(C)C. The third-order valence-electron chi connectivity index (χ3n) is 1.04. The van der Waals surface area contributed by atoms with Crippen molar-refractivity contribution in [2.45, 2.75) is 20.8 Å². The molecular weight excluding hydrogens is 160 g/mol. The molecule has 0 heterocycles. The highest BCUT2D eigenvalue weighted by atomic mass is 16.5. The van der Waals surface area contributed by atoms with Crippen LogP contribution in [0.15, 0.2) is 10.2 Å². The molecule has 0 saturated heterocycles. The Morgan fingerprint density at radius 1 is 1.17 bits per heavy atom. The highest BCUT2D eigenvalue weighted by molar-refractivity contribution is 5.83. The number of amides is 2. The van der Waals surface area contributed by atoms with Crippen molar-refractivity contribution in [3.05, 3.63) is 0 Å². The first-order valence-electron chi connectivity index (χ1n) is 3.42. The average molecular weight is 172 g/mol. The summed E-state index contributed by atoms with van der Waals surface area (Å²) in [5.74, 6) is -0.451. The lowest BCUT2D eigenvalue weighted by Gasteiger charge is -2.10. The van der Waals surface area contributed by atoms with E-state index in [-0.39, 0.29) is 0 Å². The molecule has 0 fully saturated rings. The monoisotopic (exact) mass is 172 g/mol. The normalized spacial score (nSPS) is 11.7. The van der Waals surface area contributed by atoms with Gasteiger partial charge in [-0.15, -0.1) is 5.11 Å². The van der Waals surface area contributed by atoms with Crippen LogP contribution in [0, 0.1) is 5.41 Å².